The normalized spacial score (nSPS) is 24.4. The van der Waals surface area contributed by atoms with Crippen LogP contribution in [0.3, 0.4) is 0 Å². The van der Waals surface area contributed by atoms with Crippen LogP contribution in [0, 0.1) is 0 Å². The van der Waals surface area contributed by atoms with Crippen molar-refractivity contribution < 1.29 is 28.7 Å². The summed E-state index contributed by atoms with van der Waals surface area (Å²) in [5.41, 5.74) is 2.82. The Kier molecular flexibility index (Phi) is 6.08. The molecule has 0 bridgehead atoms. The summed E-state index contributed by atoms with van der Waals surface area (Å²) in [6.45, 7) is 5.35. The van der Waals surface area contributed by atoms with Gasteiger partial charge in [0.05, 0.1) is 23.2 Å². The van der Waals surface area contributed by atoms with Crippen LogP contribution in [0.15, 0.2) is 35.0 Å². The molecule has 0 saturated carbocycles. The number of unbranched alkanes of at least 4 members (excludes halogenated alkanes) is 2. The highest BCUT2D eigenvalue weighted by Gasteiger charge is 2.54. The molecule has 4 unspecified atom stereocenters. The standard InChI is InChI=1S/C30H28N2O6S2/c1-3-5-9-31-17-7-11-39-25(17)23(27(31)33)21-15-13-20-16(14-19(15)37-29(21)35)22(30(36)38-20)24-26-18(8-12-40-26)32(28(24)34)10-6-4-2/h7-8,11-14,21-24H,3-6,9-10H2,1-2H3. The van der Waals surface area contributed by atoms with E-state index in [9.17, 15) is 19.2 Å². The average molecular weight is 577 g/mol. The number of ether oxygens (including phenoxy) is 2. The van der Waals surface area contributed by atoms with E-state index in [4.69, 9.17) is 9.47 Å². The third-order valence-electron chi connectivity index (χ3n) is 8.44. The average Bonchev–Trinajstić information content (AvgIpc) is 3.76. The predicted molar refractivity (Wildman–Crippen MR) is 152 cm³/mol. The molecule has 0 spiro atoms. The molecule has 40 heavy (non-hydrogen) atoms. The second kappa shape index (κ2) is 9.55. The van der Waals surface area contributed by atoms with Crippen LogP contribution in [0.1, 0.15) is 84.1 Å². The van der Waals surface area contributed by atoms with Crippen LogP contribution in [-0.4, -0.2) is 36.8 Å². The van der Waals surface area contributed by atoms with Gasteiger partial charge < -0.3 is 19.3 Å². The minimum Gasteiger partial charge on any atom is -0.426 e. The number of benzene rings is 1. The first-order valence-electron chi connectivity index (χ1n) is 13.8. The lowest BCUT2D eigenvalue weighted by atomic mass is 9.83. The molecule has 0 N–H and O–H groups in total. The van der Waals surface area contributed by atoms with Gasteiger partial charge in [-0.05, 0) is 47.9 Å². The van der Waals surface area contributed by atoms with Crippen molar-refractivity contribution in [3.63, 3.8) is 0 Å². The van der Waals surface area contributed by atoms with E-state index in [1.54, 1.807) is 21.9 Å². The van der Waals surface area contributed by atoms with Gasteiger partial charge in [0.1, 0.15) is 23.3 Å². The van der Waals surface area contributed by atoms with Crippen molar-refractivity contribution in [1.82, 2.24) is 0 Å². The summed E-state index contributed by atoms with van der Waals surface area (Å²) in [7, 11) is 0. The molecule has 10 heteroatoms. The number of amides is 2. The molecule has 1 aromatic carbocycles. The van der Waals surface area contributed by atoms with Gasteiger partial charge in [0.2, 0.25) is 11.8 Å². The Morgan fingerprint density at radius 1 is 0.675 bits per heavy atom. The Bertz CT molecular complexity index is 1460. The highest BCUT2D eigenvalue weighted by Crippen LogP contribution is 2.57. The Labute approximate surface area is 239 Å². The lowest BCUT2D eigenvalue weighted by Crippen LogP contribution is -2.33. The fourth-order valence-corrected chi connectivity index (χ4v) is 8.55. The van der Waals surface area contributed by atoms with Crippen LogP contribution >= 0.6 is 22.7 Å². The molecule has 0 fully saturated rings. The summed E-state index contributed by atoms with van der Waals surface area (Å²) in [5.74, 6) is -3.52. The van der Waals surface area contributed by atoms with E-state index in [2.05, 4.69) is 13.8 Å². The molecule has 2 amide bonds. The molecule has 0 radical (unpaired) electrons. The maximum atomic E-state index is 13.6. The van der Waals surface area contributed by atoms with Gasteiger partial charge in [-0.1, -0.05) is 26.7 Å². The lowest BCUT2D eigenvalue weighted by Gasteiger charge is -2.20. The van der Waals surface area contributed by atoms with E-state index in [1.807, 2.05) is 22.9 Å². The second-order valence-electron chi connectivity index (χ2n) is 10.7. The number of carbonyl (C=O) groups is 4. The van der Waals surface area contributed by atoms with Gasteiger partial charge >= 0.3 is 11.9 Å². The SMILES string of the molecule is CCCCN1C(=O)C(C2C(=O)Oc3cc4c(cc32)OC(=O)C4C2C(=O)N(CCCC)c3ccsc32)c2sccc21. The van der Waals surface area contributed by atoms with Gasteiger partial charge in [-0.15, -0.1) is 22.7 Å². The second-order valence-corrected chi connectivity index (χ2v) is 12.6. The van der Waals surface area contributed by atoms with Crippen molar-refractivity contribution in [1.29, 1.82) is 0 Å². The number of fused-ring (bicyclic) bond motifs is 4. The van der Waals surface area contributed by atoms with Crippen molar-refractivity contribution in [3.05, 3.63) is 55.9 Å². The van der Waals surface area contributed by atoms with Crippen molar-refractivity contribution >= 4 is 57.8 Å². The van der Waals surface area contributed by atoms with E-state index in [0.29, 0.717) is 35.7 Å². The van der Waals surface area contributed by atoms with E-state index >= 15 is 0 Å². The number of esters is 2. The van der Waals surface area contributed by atoms with E-state index < -0.39 is 35.6 Å². The number of anilines is 2. The number of carbonyl (C=O) groups excluding carboxylic acids is 4. The molecule has 0 aliphatic carbocycles. The summed E-state index contributed by atoms with van der Waals surface area (Å²) in [6, 6.07) is 7.23. The number of thiophene rings is 2. The molecule has 4 aliphatic heterocycles. The van der Waals surface area contributed by atoms with Gasteiger partial charge in [0.15, 0.2) is 0 Å². The lowest BCUT2D eigenvalue weighted by molar-refractivity contribution is -0.136. The molecule has 4 aliphatic rings. The first-order valence-corrected chi connectivity index (χ1v) is 15.6. The summed E-state index contributed by atoms with van der Waals surface area (Å²) < 4.78 is 11.5. The smallest absolute Gasteiger partial charge is 0.320 e. The topological polar surface area (TPSA) is 93.2 Å². The molecular weight excluding hydrogens is 548 g/mol. The largest absolute Gasteiger partial charge is 0.426 e. The van der Waals surface area contributed by atoms with E-state index in [-0.39, 0.29) is 11.8 Å². The third kappa shape index (κ3) is 3.55. The number of hydrogen-bond acceptors (Lipinski definition) is 8. The maximum absolute atomic E-state index is 13.6. The molecule has 3 aromatic rings. The van der Waals surface area contributed by atoms with Crippen molar-refractivity contribution in [3.8, 4) is 11.5 Å². The van der Waals surface area contributed by atoms with E-state index in [1.165, 1.54) is 22.7 Å². The van der Waals surface area contributed by atoms with Gasteiger partial charge in [-0.3, -0.25) is 19.2 Å². The van der Waals surface area contributed by atoms with Crippen molar-refractivity contribution in [2.45, 2.75) is 63.2 Å². The van der Waals surface area contributed by atoms with Crippen LogP contribution in [-0.2, 0) is 19.2 Å². The number of nitrogens with zero attached hydrogens (tertiary/aromatic N) is 2. The molecule has 206 valence electrons. The molecule has 0 saturated heterocycles. The summed E-state index contributed by atoms with van der Waals surface area (Å²) in [4.78, 5) is 59.1. The zero-order chi connectivity index (χ0) is 27.7. The molecular formula is C30H28N2O6S2. The Morgan fingerprint density at radius 3 is 1.50 bits per heavy atom. The Hall–Kier alpha value is -3.50. The quantitative estimate of drug-likeness (QED) is 0.253. The van der Waals surface area contributed by atoms with Crippen LogP contribution in [0.4, 0.5) is 11.4 Å². The number of rotatable bonds is 8. The fraction of sp³-hybridized carbons (Fsp3) is 0.400. The van der Waals surface area contributed by atoms with Crippen LogP contribution in [0.5, 0.6) is 11.5 Å². The fourth-order valence-electron chi connectivity index (χ4n) is 6.50. The van der Waals surface area contributed by atoms with Crippen LogP contribution in [0.2, 0.25) is 0 Å². The minimum atomic E-state index is -0.823. The molecule has 4 atom stereocenters. The first kappa shape index (κ1) is 25.5. The Morgan fingerprint density at radius 2 is 1.10 bits per heavy atom. The van der Waals surface area contributed by atoms with Crippen molar-refractivity contribution in [2.75, 3.05) is 22.9 Å². The predicted octanol–water partition coefficient (Wildman–Crippen LogP) is 5.68. The van der Waals surface area contributed by atoms with Crippen LogP contribution in [0.25, 0.3) is 0 Å². The number of hydrogen-bond donors (Lipinski definition) is 0. The Balaban J connectivity index is 1.25. The molecule has 7 rings (SSSR count). The van der Waals surface area contributed by atoms with Crippen molar-refractivity contribution in [2.24, 2.45) is 0 Å². The zero-order valence-corrected chi connectivity index (χ0v) is 23.8. The van der Waals surface area contributed by atoms with Crippen LogP contribution < -0.4 is 19.3 Å². The molecule has 8 nitrogen and oxygen atoms in total. The van der Waals surface area contributed by atoms with E-state index in [0.717, 1.165) is 46.8 Å². The van der Waals surface area contributed by atoms with Gasteiger partial charge in [-0.25, -0.2) is 0 Å². The van der Waals surface area contributed by atoms with Gasteiger partial charge in [0.25, 0.3) is 0 Å². The monoisotopic (exact) mass is 576 g/mol. The zero-order valence-electron chi connectivity index (χ0n) is 22.2. The molecule has 6 heterocycles. The van der Waals surface area contributed by atoms with Gasteiger partial charge in [0, 0.05) is 34.0 Å². The third-order valence-corrected chi connectivity index (χ3v) is 10.4. The highest BCUT2D eigenvalue weighted by molar-refractivity contribution is 7.11. The summed E-state index contributed by atoms with van der Waals surface area (Å²) in [5, 5.41) is 3.89. The minimum absolute atomic E-state index is 0.102. The highest BCUT2D eigenvalue weighted by atomic mass is 32.1. The first-order chi connectivity index (χ1) is 19.4. The molecule has 2 aromatic heterocycles. The summed E-state index contributed by atoms with van der Waals surface area (Å²) >= 11 is 2.94. The van der Waals surface area contributed by atoms with Gasteiger partial charge in [-0.2, -0.15) is 0 Å². The maximum Gasteiger partial charge on any atom is 0.320 e. The summed E-state index contributed by atoms with van der Waals surface area (Å²) in [6.07, 6.45) is 3.64.